The SMILES string of the molecule is COc1ccc([C@H]2CC(=O)Nc3cc(OC)cc(OC)c32)c(OC)c1. The summed E-state index contributed by atoms with van der Waals surface area (Å²) in [6, 6.07) is 9.23. The number of hydrogen-bond acceptors (Lipinski definition) is 5. The second kappa shape index (κ2) is 6.93. The van der Waals surface area contributed by atoms with Crippen LogP contribution < -0.4 is 24.3 Å². The number of carbonyl (C=O) groups excluding carboxylic acids is 1. The van der Waals surface area contributed by atoms with Gasteiger partial charge in [-0.1, -0.05) is 6.07 Å². The summed E-state index contributed by atoms with van der Waals surface area (Å²) < 4.78 is 21.7. The zero-order valence-electron chi connectivity index (χ0n) is 14.7. The van der Waals surface area contributed by atoms with Crippen LogP contribution in [0.5, 0.6) is 23.0 Å². The molecule has 0 spiro atoms. The molecule has 0 unspecified atom stereocenters. The van der Waals surface area contributed by atoms with Crippen LogP contribution in [0, 0.1) is 0 Å². The van der Waals surface area contributed by atoms with E-state index >= 15 is 0 Å². The molecule has 0 aliphatic carbocycles. The largest absolute Gasteiger partial charge is 0.497 e. The summed E-state index contributed by atoms with van der Waals surface area (Å²) in [7, 11) is 6.39. The fourth-order valence-corrected chi connectivity index (χ4v) is 3.21. The van der Waals surface area contributed by atoms with Crippen molar-refractivity contribution in [1.82, 2.24) is 0 Å². The summed E-state index contributed by atoms with van der Waals surface area (Å²) in [4.78, 5) is 12.3. The Balaban J connectivity index is 2.18. The molecule has 2 aromatic rings. The van der Waals surface area contributed by atoms with E-state index in [2.05, 4.69) is 5.32 Å². The van der Waals surface area contributed by atoms with Crippen LogP contribution in [-0.2, 0) is 4.79 Å². The molecule has 0 radical (unpaired) electrons. The van der Waals surface area contributed by atoms with Gasteiger partial charge in [0.1, 0.15) is 23.0 Å². The molecule has 0 fully saturated rings. The number of hydrogen-bond donors (Lipinski definition) is 1. The smallest absolute Gasteiger partial charge is 0.225 e. The maximum atomic E-state index is 12.3. The van der Waals surface area contributed by atoms with Gasteiger partial charge in [0.2, 0.25) is 5.91 Å². The number of rotatable bonds is 5. The van der Waals surface area contributed by atoms with Gasteiger partial charge in [-0.05, 0) is 6.07 Å². The molecule has 0 aromatic heterocycles. The lowest BCUT2D eigenvalue weighted by atomic mass is 9.83. The van der Waals surface area contributed by atoms with Crippen LogP contribution in [0.2, 0.25) is 0 Å². The molecule has 2 aromatic carbocycles. The Hall–Kier alpha value is -2.89. The third-order valence-corrected chi connectivity index (χ3v) is 4.40. The van der Waals surface area contributed by atoms with Crippen molar-refractivity contribution in [2.45, 2.75) is 12.3 Å². The number of nitrogens with one attached hydrogen (secondary N) is 1. The first kappa shape index (κ1) is 17.0. The van der Waals surface area contributed by atoms with Gasteiger partial charge >= 0.3 is 0 Å². The topological polar surface area (TPSA) is 66.0 Å². The van der Waals surface area contributed by atoms with E-state index in [-0.39, 0.29) is 11.8 Å². The van der Waals surface area contributed by atoms with Crippen molar-refractivity contribution >= 4 is 11.6 Å². The molecule has 6 heteroatoms. The quantitative estimate of drug-likeness (QED) is 0.903. The van der Waals surface area contributed by atoms with Crippen LogP contribution >= 0.6 is 0 Å². The summed E-state index contributed by atoms with van der Waals surface area (Å²) in [5, 5.41) is 2.90. The van der Waals surface area contributed by atoms with Crippen LogP contribution in [0.3, 0.4) is 0 Å². The Labute approximate surface area is 146 Å². The van der Waals surface area contributed by atoms with Crippen LogP contribution in [0.4, 0.5) is 5.69 Å². The second-order valence-electron chi connectivity index (χ2n) is 5.70. The molecule has 1 heterocycles. The van der Waals surface area contributed by atoms with Crippen LogP contribution in [-0.4, -0.2) is 34.3 Å². The molecular formula is C19H21NO5. The fourth-order valence-electron chi connectivity index (χ4n) is 3.21. The average molecular weight is 343 g/mol. The maximum Gasteiger partial charge on any atom is 0.225 e. The minimum atomic E-state index is -0.189. The number of methoxy groups -OCH3 is 4. The Bertz CT molecular complexity index is 803. The van der Waals surface area contributed by atoms with Crippen molar-refractivity contribution in [3.8, 4) is 23.0 Å². The van der Waals surface area contributed by atoms with E-state index in [0.29, 0.717) is 35.1 Å². The lowest BCUT2D eigenvalue weighted by Crippen LogP contribution is -2.24. The number of anilines is 1. The first-order valence-electron chi connectivity index (χ1n) is 7.89. The molecule has 0 saturated heterocycles. The zero-order chi connectivity index (χ0) is 18.0. The van der Waals surface area contributed by atoms with E-state index in [1.807, 2.05) is 24.3 Å². The molecule has 1 amide bonds. The number of fused-ring (bicyclic) bond motifs is 1. The first-order valence-corrected chi connectivity index (χ1v) is 7.89. The zero-order valence-corrected chi connectivity index (χ0v) is 14.7. The van der Waals surface area contributed by atoms with Gasteiger partial charge in [0.15, 0.2) is 0 Å². The molecule has 6 nitrogen and oxygen atoms in total. The molecule has 1 N–H and O–H groups in total. The summed E-state index contributed by atoms with van der Waals surface area (Å²) in [6.45, 7) is 0. The van der Waals surface area contributed by atoms with Gasteiger partial charge in [0.25, 0.3) is 0 Å². The van der Waals surface area contributed by atoms with Crippen molar-refractivity contribution in [1.29, 1.82) is 0 Å². The Morgan fingerprint density at radius 1 is 0.880 bits per heavy atom. The molecule has 0 bridgehead atoms. The van der Waals surface area contributed by atoms with Crippen molar-refractivity contribution in [3.05, 3.63) is 41.5 Å². The highest BCUT2D eigenvalue weighted by atomic mass is 16.5. The van der Waals surface area contributed by atoms with Gasteiger partial charge in [0.05, 0.1) is 34.1 Å². The first-order chi connectivity index (χ1) is 12.1. The Morgan fingerprint density at radius 3 is 2.20 bits per heavy atom. The summed E-state index contributed by atoms with van der Waals surface area (Å²) in [5.41, 5.74) is 2.50. The fraction of sp³-hybridized carbons (Fsp3) is 0.316. The van der Waals surface area contributed by atoms with E-state index in [9.17, 15) is 4.79 Å². The predicted molar refractivity (Wildman–Crippen MR) is 94.2 cm³/mol. The monoisotopic (exact) mass is 343 g/mol. The van der Waals surface area contributed by atoms with E-state index in [1.54, 1.807) is 34.5 Å². The minimum absolute atomic E-state index is 0.0642. The lowest BCUT2D eigenvalue weighted by molar-refractivity contribution is -0.116. The van der Waals surface area contributed by atoms with Crippen LogP contribution in [0.1, 0.15) is 23.5 Å². The van der Waals surface area contributed by atoms with Crippen LogP contribution in [0.15, 0.2) is 30.3 Å². The van der Waals surface area contributed by atoms with Gasteiger partial charge in [-0.25, -0.2) is 0 Å². The van der Waals surface area contributed by atoms with Gasteiger partial charge < -0.3 is 24.3 Å². The average Bonchev–Trinajstić information content (AvgIpc) is 2.65. The Kier molecular flexibility index (Phi) is 4.70. The summed E-state index contributed by atoms with van der Waals surface area (Å²) in [5.74, 6) is 2.40. The molecule has 0 saturated carbocycles. The van der Waals surface area contributed by atoms with Crippen LogP contribution in [0.25, 0.3) is 0 Å². The molecule has 3 rings (SSSR count). The van der Waals surface area contributed by atoms with E-state index in [4.69, 9.17) is 18.9 Å². The standard InChI is InChI=1S/C19H21NO5/c1-22-11-5-6-13(16(8-11)24-3)14-10-18(21)20-15-7-12(23-2)9-17(25-4)19(14)15/h5-9,14H,10H2,1-4H3,(H,20,21)/t14-/m1/s1. The third kappa shape index (κ3) is 3.07. The third-order valence-electron chi connectivity index (χ3n) is 4.40. The molecule has 1 aliphatic heterocycles. The summed E-state index contributed by atoms with van der Waals surface area (Å²) >= 11 is 0. The normalized spacial score (nSPS) is 15.8. The molecule has 1 atom stereocenters. The number of ether oxygens (including phenoxy) is 4. The predicted octanol–water partition coefficient (Wildman–Crippen LogP) is 3.20. The van der Waals surface area contributed by atoms with E-state index < -0.39 is 0 Å². The van der Waals surface area contributed by atoms with E-state index in [1.165, 1.54) is 0 Å². The van der Waals surface area contributed by atoms with Gasteiger partial charge in [-0.15, -0.1) is 0 Å². The minimum Gasteiger partial charge on any atom is -0.497 e. The molecule has 25 heavy (non-hydrogen) atoms. The van der Waals surface area contributed by atoms with Gasteiger partial charge in [-0.2, -0.15) is 0 Å². The lowest BCUT2D eigenvalue weighted by Gasteiger charge is -2.29. The van der Waals surface area contributed by atoms with Crippen molar-refractivity contribution in [2.75, 3.05) is 33.8 Å². The maximum absolute atomic E-state index is 12.3. The van der Waals surface area contributed by atoms with Crippen molar-refractivity contribution in [3.63, 3.8) is 0 Å². The number of amides is 1. The summed E-state index contributed by atoms with van der Waals surface area (Å²) in [6.07, 6.45) is 0.304. The molecule has 132 valence electrons. The second-order valence-corrected chi connectivity index (χ2v) is 5.70. The molecule has 1 aliphatic rings. The Morgan fingerprint density at radius 2 is 1.56 bits per heavy atom. The molecular weight excluding hydrogens is 322 g/mol. The highest BCUT2D eigenvalue weighted by Gasteiger charge is 2.32. The van der Waals surface area contributed by atoms with E-state index in [0.717, 1.165) is 11.1 Å². The highest BCUT2D eigenvalue weighted by Crippen LogP contribution is 2.47. The van der Waals surface area contributed by atoms with Crippen molar-refractivity contribution < 1.29 is 23.7 Å². The number of carbonyl (C=O) groups is 1. The van der Waals surface area contributed by atoms with Crippen molar-refractivity contribution in [2.24, 2.45) is 0 Å². The number of benzene rings is 2. The van der Waals surface area contributed by atoms with Gasteiger partial charge in [-0.3, -0.25) is 4.79 Å². The van der Waals surface area contributed by atoms with Gasteiger partial charge in [0, 0.05) is 41.7 Å². The highest BCUT2D eigenvalue weighted by molar-refractivity contribution is 5.96.